The van der Waals surface area contributed by atoms with Crippen LogP contribution >= 0.6 is 11.8 Å². The minimum atomic E-state index is 0.443. The van der Waals surface area contributed by atoms with Crippen LogP contribution in [0.4, 0.5) is 0 Å². The van der Waals surface area contributed by atoms with Crippen LogP contribution < -0.4 is 5.32 Å². The van der Waals surface area contributed by atoms with E-state index in [0.29, 0.717) is 12.0 Å². The minimum Gasteiger partial charge on any atom is -0.335 e. The van der Waals surface area contributed by atoms with Gasteiger partial charge < -0.3 is 9.88 Å². The number of fused-ring (bicyclic) bond motifs is 1. The van der Waals surface area contributed by atoms with Gasteiger partial charge in [-0.05, 0) is 25.6 Å². The molecule has 0 bridgehead atoms. The number of hydrogen-bond donors (Lipinski definition) is 1. The van der Waals surface area contributed by atoms with E-state index in [9.17, 15) is 0 Å². The standard InChI is InChI=1S/C16H21N3S/c1-3-19-9-8-18-16(19)10-14(17-2)13-11-20-15-7-5-4-6-12(13)15/h4-9,13-14,17H,3,10-11H2,1-2H3. The SMILES string of the molecule is CCn1ccnc1CC(NC)C1CSc2ccccc21. The van der Waals surface area contributed by atoms with Gasteiger partial charge in [-0.1, -0.05) is 18.2 Å². The molecule has 2 heterocycles. The number of hydrogen-bond acceptors (Lipinski definition) is 3. The van der Waals surface area contributed by atoms with Crippen molar-refractivity contribution in [3.63, 3.8) is 0 Å². The largest absolute Gasteiger partial charge is 0.335 e. The average Bonchev–Trinajstić information content (AvgIpc) is 3.11. The van der Waals surface area contributed by atoms with Gasteiger partial charge in [-0.2, -0.15) is 0 Å². The van der Waals surface area contributed by atoms with E-state index in [1.54, 1.807) is 0 Å². The fourth-order valence-electron chi connectivity index (χ4n) is 2.98. The second kappa shape index (κ2) is 6.02. The van der Waals surface area contributed by atoms with Crippen LogP contribution in [0.25, 0.3) is 0 Å². The van der Waals surface area contributed by atoms with Gasteiger partial charge >= 0.3 is 0 Å². The van der Waals surface area contributed by atoms with Crippen LogP contribution in [0.2, 0.25) is 0 Å². The first-order chi connectivity index (χ1) is 9.83. The number of benzene rings is 1. The molecule has 0 radical (unpaired) electrons. The zero-order valence-electron chi connectivity index (χ0n) is 12.0. The lowest BCUT2D eigenvalue weighted by atomic mass is 9.91. The highest BCUT2D eigenvalue weighted by Gasteiger charge is 2.30. The number of aryl methyl sites for hydroxylation is 1. The van der Waals surface area contributed by atoms with Gasteiger partial charge in [-0.25, -0.2) is 4.98 Å². The third-order valence-electron chi connectivity index (χ3n) is 4.14. The van der Waals surface area contributed by atoms with Crippen molar-refractivity contribution in [1.29, 1.82) is 0 Å². The van der Waals surface area contributed by atoms with Gasteiger partial charge in [-0.15, -0.1) is 11.8 Å². The fourth-order valence-corrected chi connectivity index (χ4v) is 4.31. The summed E-state index contributed by atoms with van der Waals surface area (Å²) >= 11 is 1.98. The van der Waals surface area contributed by atoms with Crippen molar-refractivity contribution >= 4 is 11.8 Å². The Morgan fingerprint density at radius 2 is 2.30 bits per heavy atom. The third kappa shape index (κ3) is 2.50. The van der Waals surface area contributed by atoms with Crippen molar-refractivity contribution in [1.82, 2.24) is 14.9 Å². The Kier molecular flexibility index (Phi) is 4.13. The molecule has 1 aromatic carbocycles. The number of aromatic nitrogens is 2. The molecule has 1 aliphatic rings. The molecule has 0 spiro atoms. The van der Waals surface area contributed by atoms with Crippen molar-refractivity contribution in [3.05, 3.63) is 48.0 Å². The quantitative estimate of drug-likeness (QED) is 0.917. The molecule has 0 fully saturated rings. The van der Waals surface area contributed by atoms with Gasteiger partial charge in [0.25, 0.3) is 0 Å². The van der Waals surface area contributed by atoms with E-state index < -0.39 is 0 Å². The summed E-state index contributed by atoms with van der Waals surface area (Å²) in [6, 6.07) is 9.24. The molecule has 0 amide bonds. The molecule has 1 aromatic heterocycles. The average molecular weight is 287 g/mol. The molecule has 2 atom stereocenters. The molecule has 4 heteroatoms. The van der Waals surface area contributed by atoms with Crippen LogP contribution in [0.15, 0.2) is 41.6 Å². The van der Waals surface area contributed by atoms with Gasteiger partial charge in [-0.3, -0.25) is 0 Å². The van der Waals surface area contributed by atoms with E-state index >= 15 is 0 Å². The zero-order valence-corrected chi connectivity index (χ0v) is 12.9. The maximum atomic E-state index is 4.52. The normalized spacial score (nSPS) is 19.0. The first-order valence-corrected chi connectivity index (χ1v) is 8.21. The van der Waals surface area contributed by atoms with Gasteiger partial charge in [0.2, 0.25) is 0 Å². The zero-order chi connectivity index (χ0) is 13.9. The molecule has 1 aliphatic heterocycles. The number of imidazole rings is 1. The maximum Gasteiger partial charge on any atom is 0.110 e. The summed E-state index contributed by atoms with van der Waals surface area (Å²) in [6.45, 7) is 3.15. The predicted octanol–water partition coefficient (Wildman–Crippen LogP) is 2.92. The first-order valence-electron chi connectivity index (χ1n) is 7.22. The smallest absolute Gasteiger partial charge is 0.110 e. The van der Waals surface area contributed by atoms with Crippen LogP contribution in [0, 0.1) is 0 Å². The van der Waals surface area contributed by atoms with Crippen molar-refractivity contribution in [2.75, 3.05) is 12.8 Å². The Morgan fingerprint density at radius 3 is 3.10 bits per heavy atom. The molecule has 0 saturated carbocycles. The highest BCUT2D eigenvalue weighted by molar-refractivity contribution is 7.99. The van der Waals surface area contributed by atoms with Crippen LogP contribution in [0.1, 0.15) is 24.2 Å². The van der Waals surface area contributed by atoms with Crippen LogP contribution in [-0.4, -0.2) is 28.4 Å². The highest BCUT2D eigenvalue weighted by atomic mass is 32.2. The van der Waals surface area contributed by atoms with E-state index in [-0.39, 0.29) is 0 Å². The summed E-state index contributed by atoms with van der Waals surface area (Å²) in [6.07, 6.45) is 4.96. The fraction of sp³-hybridized carbons (Fsp3) is 0.438. The summed E-state index contributed by atoms with van der Waals surface area (Å²) in [5.74, 6) is 2.92. The van der Waals surface area contributed by atoms with E-state index in [1.807, 2.05) is 18.0 Å². The van der Waals surface area contributed by atoms with Gasteiger partial charge in [0, 0.05) is 48.0 Å². The van der Waals surface area contributed by atoms with Crippen LogP contribution in [-0.2, 0) is 13.0 Å². The van der Waals surface area contributed by atoms with Crippen molar-refractivity contribution < 1.29 is 0 Å². The number of nitrogens with zero attached hydrogens (tertiary/aromatic N) is 2. The Balaban J connectivity index is 1.81. The molecule has 106 valence electrons. The summed E-state index contributed by atoms with van der Waals surface area (Å²) in [4.78, 5) is 5.96. The molecule has 0 aliphatic carbocycles. The van der Waals surface area contributed by atoms with E-state index in [0.717, 1.165) is 18.7 Å². The van der Waals surface area contributed by atoms with Crippen molar-refractivity contribution in [2.24, 2.45) is 0 Å². The molecule has 2 aromatic rings. The lowest BCUT2D eigenvalue weighted by Gasteiger charge is -2.23. The third-order valence-corrected chi connectivity index (χ3v) is 5.35. The number of rotatable bonds is 5. The van der Waals surface area contributed by atoms with E-state index in [2.05, 4.69) is 59.3 Å². The number of likely N-dealkylation sites (N-methyl/N-ethyl adjacent to an activating group) is 1. The molecular formula is C16H21N3S. The summed E-state index contributed by atoms with van der Waals surface area (Å²) < 4.78 is 2.23. The van der Waals surface area contributed by atoms with Gasteiger partial charge in [0.15, 0.2) is 0 Å². The Bertz CT molecular complexity index is 579. The Hall–Kier alpha value is -1.26. The molecule has 2 unspecified atom stereocenters. The topological polar surface area (TPSA) is 29.9 Å². The van der Waals surface area contributed by atoms with Crippen LogP contribution in [0.3, 0.4) is 0 Å². The lowest BCUT2D eigenvalue weighted by molar-refractivity contribution is 0.470. The summed E-state index contributed by atoms with van der Waals surface area (Å²) in [5, 5.41) is 3.51. The molecule has 3 nitrogen and oxygen atoms in total. The number of thioether (sulfide) groups is 1. The second-order valence-corrected chi connectivity index (χ2v) is 6.25. The summed E-state index contributed by atoms with van der Waals surface area (Å²) in [7, 11) is 2.06. The predicted molar refractivity (Wildman–Crippen MR) is 84.4 cm³/mol. The monoisotopic (exact) mass is 287 g/mol. The maximum absolute atomic E-state index is 4.52. The van der Waals surface area contributed by atoms with Crippen LogP contribution in [0.5, 0.6) is 0 Å². The van der Waals surface area contributed by atoms with Crippen molar-refractivity contribution in [3.8, 4) is 0 Å². The Labute approximate surface area is 124 Å². The first kappa shape index (κ1) is 13.7. The highest BCUT2D eigenvalue weighted by Crippen LogP contribution is 2.41. The Morgan fingerprint density at radius 1 is 1.45 bits per heavy atom. The molecule has 20 heavy (non-hydrogen) atoms. The van der Waals surface area contributed by atoms with Crippen molar-refractivity contribution in [2.45, 2.75) is 36.7 Å². The van der Waals surface area contributed by atoms with Gasteiger partial charge in [0.05, 0.1) is 0 Å². The van der Waals surface area contributed by atoms with Gasteiger partial charge in [0.1, 0.15) is 5.82 Å². The number of nitrogens with one attached hydrogen (secondary N) is 1. The second-order valence-electron chi connectivity index (χ2n) is 5.18. The molecule has 3 rings (SSSR count). The minimum absolute atomic E-state index is 0.443. The lowest BCUT2D eigenvalue weighted by Crippen LogP contribution is -2.35. The summed E-state index contributed by atoms with van der Waals surface area (Å²) in [5.41, 5.74) is 1.49. The molecular weight excluding hydrogens is 266 g/mol. The van der Waals surface area contributed by atoms with E-state index in [4.69, 9.17) is 0 Å². The van der Waals surface area contributed by atoms with E-state index in [1.165, 1.54) is 16.3 Å². The molecule has 1 N–H and O–H groups in total. The molecule has 0 saturated heterocycles.